The van der Waals surface area contributed by atoms with Gasteiger partial charge in [0.05, 0.1) is 19.9 Å². The minimum Gasteiger partial charge on any atom is -0.482 e. The van der Waals surface area contributed by atoms with Gasteiger partial charge in [-0.05, 0) is 48.2 Å². The van der Waals surface area contributed by atoms with Crippen LogP contribution in [0.25, 0.3) is 22.2 Å². The minimum absolute atomic E-state index is 0.141. The zero-order valence-corrected chi connectivity index (χ0v) is 17.3. The number of benzene rings is 2. The van der Waals surface area contributed by atoms with Crippen LogP contribution in [0.3, 0.4) is 0 Å². The summed E-state index contributed by atoms with van der Waals surface area (Å²) in [6.07, 6.45) is 2.67. The van der Waals surface area contributed by atoms with Crippen LogP contribution in [0.2, 0.25) is 0 Å². The molecule has 0 N–H and O–H groups in total. The number of aryl methyl sites for hydroxylation is 1. The van der Waals surface area contributed by atoms with E-state index in [0.717, 1.165) is 46.9 Å². The standard InChI is InChI=1S/C23H22N2O6/c1-28-20(26)12-30-17-9-8-14-10-16(7-6-15(14)11-17)22-24-19-5-3-4-18(19)23(25-22)31-13-21(27)29-2/h6-11H,3-5,12-13H2,1-2H3. The third kappa shape index (κ3) is 4.58. The molecule has 1 heterocycles. The van der Waals surface area contributed by atoms with Crippen molar-refractivity contribution < 1.29 is 28.5 Å². The normalized spacial score (nSPS) is 12.3. The summed E-state index contributed by atoms with van der Waals surface area (Å²) in [5.74, 6) is 0.679. The molecule has 8 heteroatoms. The molecule has 3 aromatic rings. The van der Waals surface area contributed by atoms with Gasteiger partial charge in [-0.2, -0.15) is 4.98 Å². The van der Waals surface area contributed by atoms with E-state index in [4.69, 9.17) is 14.5 Å². The summed E-state index contributed by atoms with van der Waals surface area (Å²) in [7, 11) is 2.64. The Bertz CT molecular complexity index is 1140. The monoisotopic (exact) mass is 422 g/mol. The average molecular weight is 422 g/mol. The number of methoxy groups -OCH3 is 2. The van der Waals surface area contributed by atoms with Gasteiger partial charge in [-0.15, -0.1) is 0 Å². The highest BCUT2D eigenvalue weighted by atomic mass is 16.6. The van der Waals surface area contributed by atoms with Crippen molar-refractivity contribution in [1.29, 1.82) is 0 Å². The molecule has 0 unspecified atom stereocenters. The lowest BCUT2D eigenvalue weighted by molar-refractivity contribution is -0.143. The quantitative estimate of drug-likeness (QED) is 0.536. The number of carbonyl (C=O) groups is 2. The first-order valence-electron chi connectivity index (χ1n) is 9.90. The van der Waals surface area contributed by atoms with E-state index in [1.54, 1.807) is 6.07 Å². The Hall–Kier alpha value is -3.68. The summed E-state index contributed by atoms with van der Waals surface area (Å²) in [5.41, 5.74) is 2.76. The van der Waals surface area contributed by atoms with Gasteiger partial charge in [0.1, 0.15) is 5.75 Å². The summed E-state index contributed by atoms with van der Waals surface area (Å²) in [5, 5.41) is 1.93. The lowest BCUT2D eigenvalue weighted by Crippen LogP contribution is -2.14. The van der Waals surface area contributed by atoms with Crippen LogP contribution in [0, 0.1) is 0 Å². The molecule has 0 saturated heterocycles. The molecule has 0 bridgehead atoms. The van der Waals surface area contributed by atoms with Gasteiger partial charge in [0.2, 0.25) is 5.88 Å². The molecule has 8 nitrogen and oxygen atoms in total. The van der Waals surface area contributed by atoms with E-state index in [0.29, 0.717) is 17.5 Å². The number of rotatable bonds is 7. The average Bonchev–Trinajstić information content (AvgIpc) is 3.29. The van der Waals surface area contributed by atoms with E-state index in [1.165, 1.54) is 14.2 Å². The smallest absolute Gasteiger partial charge is 0.343 e. The molecule has 0 saturated carbocycles. The molecular formula is C23H22N2O6. The summed E-state index contributed by atoms with van der Waals surface area (Å²) in [4.78, 5) is 32.1. The van der Waals surface area contributed by atoms with Gasteiger partial charge in [0.25, 0.3) is 0 Å². The fraction of sp³-hybridized carbons (Fsp3) is 0.304. The van der Waals surface area contributed by atoms with E-state index in [-0.39, 0.29) is 13.2 Å². The van der Waals surface area contributed by atoms with Crippen molar-refractivity contribution in [2.75, 3.05) is 27.4 Å². The van der Waals surface area contributed by atoms with Crippen molar-refractivity contribution >= 4 is 22.7 Å². The highest BCUT2D eigenvalue weighted by Gasteiger charge is 2.22. The van der Waals surface area contributed by atoms with Crippen LogP contribution in [0.15, 0.2) is 36.4 Å². The van der Waals surface area contributed by atoms with Crippen molar-refractivity contribution in [3.05, 3.63) is 47.7 Å². The first kappa shape index (κ1) is 20.6. The Labute approximate surface area is 179 Å². The van der Waals surface area contributed by atoms with Gasteiger partial charge in [-0.25, -0.2) is 14.6 Å². The Morgan fingerprint density at radius 3 is 2.35 bits per heavy atom. The molecule has 4 rings (SSSR count). The summed E-state index contributed by atoms with van der Waals surface area (Å²) >= 11 is 0. The Morgan fingerprint density at radius 2 is 1.58 bits per heavy atom. The predicted octanol–water partition coefficient (Wildman–Crippen LogP) is 2.89. The molecule has 0 fully saturated rings. The van der Waals surface area contributed by atoms with Gasteiger partial charge in [0.15, 0.2) is 19.0 Å². The number of ether oxygens (including phenoxy) is 4. The fourth-order valence-electron chi connectivity index (χ4n) is 3.49. The Kier molecular flexibility index (Phi) is 5.97. The second-order valence-electron chi connectivity index (χ2n) is 7.08. The Balaban J connectivity index is 1.62. The van der Waals surface area contributed by atoms with E-state index < -0.39 is 11.9 Å². The van der Waals surface area contributed by atoms with E-state index in [1.807, 2.05) is 30.3 Å². The summed E-state index contributed by atoms with van der Waals surface area (Å²) in [6, 6.07) is 11.4. The molecule has 1 aliphatic carbocycles. The third-order valence-corrected chi connectivity index (χ3v) is 5.10. The molecule has 1 aromatic heterocycles. The number of hydrogen-bond acceptors (Lipinski definition) is 8. The SMILES string of the molecule is COC(=O)COc1ccc2cc(-c3nc4c(c(OCC(=O)OC)n3)CCC4)ccc2c1. The molecule has 0 atom stereocenters. The second-order valence-corrected chi connectivity index (χ2v) is 7.08. The maximum atomic E-state index is 11.5. The van der Waals surface area contributed by atoms with Crippen LogP contribution < -0.4 is 9.47 Å². The van der Waals surface area contributed by atoms with Gasteiger partial charge in [-0.1, -0.05) is 18.2 Å². The molecule has 2 aromatic carbocycles. The topological polar surface area (TPSA) is 96.8 Å². The van der Waals surface area contributed by atoms with Crippen LogP contribution >= 0.6 is 0 Å². The molecule has 31 heavy (non-hydrogen) atoms. The zero-order valence-electron chi connectivity index (χ0n) is 17.3. The zero-order chi connectivity index (χ0) is 21.8. The number of aromatic nitrogens is 2. The van der Waals surface area contributed by atoms with Gasteiger partial charge < -0.3 is 18.9 Å². The molecule has 1 aliphatic rings. The fourth-order valence-corrected chi connectivity index (χ4v) is 3.49. The maximum Gasteiger partial charge on any atom is 0.343 e. The van der Waals surface area contributed by atoms with Gasteiger partial charge in [-0.3, -0.25) is 0 Å². The Morgan fingerprint density at radius 1 is 0.871 bits per heavy atom. The summed E-state index contributed by atoms with van der Waals surface area (Å²) < 4.78 is 20.3. The van der Waals surface area contributed by atoms with Crippen LogP contribution in [0.4, 0.5) is 0 Å². The van der Waals surface area contributed by atoms with Gasteiger partial charge >= 0.3 is 11.9 Å². The van der Waals surface area contributed by atoms with Crippen LogP contribution in [0.5, 0.6) is 11.6 Å². The number of nitrogens with zero attached hydrogens (tertiary/aromatic N) is 2. The highest BCUT2D eigenvalue weighted by molar-refractivity contribution is 5.87. The molecule has 0 spiro atoms. The van der Waals surface area contributed by atoms with Crippen molar-refractivity contribution in [1.82, 2.24) is 9.97 Å². The van der Waals surface area contributed by atoms with Crippen molar-refractivity contribution in [3.63, 3.8) is 0 Å². The second kappa shape index (κ2) is 8.99. The number of esters is 2. The summed E-state index contributed by atoms with van der Waals surface area (Å²) in [6.45, 7) is -0.330. The minimum atomic E-state index is -0.456. The maximum absolute atomic E-state index is 11.5. The van der Waals surface area contributed by atoms with Gasteiger partial charge in [0, 0.05) is 11.1 Å². The third-order valence-electron chi connectivity index (χ3n) is 5.10. The predicted molar refractivity (Wildman–Crippen MR) is 112 cm³/mol. The molecular weight excluding hydrogens is 400 g/mol. The molecule has 0 aliphatic heterocycles. The van der Waals surface area contributed by atoms with E-state index >= 15 is 0 Å². The number of carbonyl (C=O) groups excluding carboxylic acids is 2. The van der Waals surface area contributed by atoms with Crippen molar-refractivity contribution in [2.24, 2.45) is 0 Å². The lowest BCUT2D eigenvalue weighted by atomic mass is 10.1. The van der Waals surface area contributed by atoms with Crippen LogP contribution in [-0.2, 0) is 31.9 Å². The molecule has 0 radical (unpaired) electrons. The first-order chi connectivity index (χ1) is 15.1. The van der Waals surface area contributed by atoms with Crippen molar-refractivity contribution in [2.45, 2.75) is 19.3 Å². The highest BCUT2D eigenvalue weighted by Crippen LogP contribution is 2.32. The van der Waals surface area contributed by atoms with Crippen LogP contribution in [-0.4, -0.2) is 49.3 Å². The van der Waals surface area contributed by atoms with E-state index in [2.05, 4.69) is 14.5 Å². The largest absolute Gasteiger partial charge is 0.482 e. The number of fused-ring (bicyclic) bond motifs is 2. The van der Waals surface area contributed by atoms with Crippen molar-refractivity contribution in [3.8, 4) is 23.0 Å². The number of hydrogen-bond donors (Lipinski definition) is 0. The molecule has 0 amide bonds. The molecule has 160 valence electrons. The lowest BCUT2D eigenvalue weighted by Gasteiger charge is -2.12. The van der Waals surface area contributed by atoms with Crippen LogP contribution in [0.1, 0.15) is 17.7 Å². The van der Waals surface area contributed by atoms with E-state index in [9.17, 15) is 9.59 Å². The first-order valence-corrected chi connectivity index (χ1v) is 9.90.